The zero-order valence-electron chi connectivity index (χ0n) is 24.2. The number of aliphatic imine (C=N–C) groups is 1. The number of rotatable bonds is 6. The predicted octanol–water partition coefficient (Wildman–Crippen LogP) is 9.25. The minimum Gasteiger partial charge on any atom is -0.350 e. The Bertz CT molecular complexity index is 1250. The van der Waals surface area contributed by atoms with Gasteiger partial charge in [-0.25, -0.2) is 0 Å². The number of likely N-dealkylation sites (N-methyl/N-ethyl adjacent to an activating group) is 1. The van der Waals surface area contributed by atoms with Crippen molar-refractivity contribution in [2.45, 2.75) is 101 Å². The predicted molar refractivity (Wildman–Crippen MR) is 169 cm³/mol. The number of benzene rings is 3. The average Bonchev–Trinajstić information content (AvgIpc) is 3.32. The molecule has 2 fully saturated rings. The molecule has 0 N–H and O–H groups in total. The van der Waals surface area contributed by atoms with Crippen molar-refractivity contribution in [2.24, 2.45) is 4.99 Å². The molecule has 2 nitrogen and oxygen atoms in total. The molecule has 6 rings (SSSR count). The molecule has 2 saturated carbocycles. The molecule has 0 bridgehead atoms. The van der Waals surface area contributed by atoms with Crippen LogP contribution in [0.3, 0.4) is 0 Å². The highest BCUT2D eigenvalue weighted by molar-refractivity contribution is 7.67. The summed E-state index contributed by atoms with van der Waals surface area (Å²) < 4.78 is 0. The summed E-state index contributed by atoms with van der Waals surface area (Å²) in [5, 5.41) is 1.64. The third-order valence-corrected chi connectivity index (χ3v) is 13.1. The van der Waals surface area contributed by atoms with Crippen molar-refractivity contribution in [3.05, 3.63) is 101 Å². The van der Waals surface area contributed by atoms with Gasteiger partial charge in [-0.15, -0.1) is 0 Å². The van der Waals surface area contributed by atoms with Gasteiger partial charge in [0.2, 0.25) is 0 Å². The zero-order valence-corrected chi connectivity index (χ0v) is 25.0. The molecule has 0 spiro atoms. The van der Waals surface area contributed by atoms with Crippen LogP contribution in [0.2, 0.25) is 0 Å². The molecule has 1 heterocycles. The second kappa shape index (κ2) is 12.0. The van der Waals surface area contributed by atoms with E-state index >= 15 is 0 Å². The monoisotopic (exact) mass is 536 g/mol. The lowest BCUT2D eigenvalue weighted by molar-refractivity contribution is 0.364. The van der Waals surface area contributed by atoms with Gasteiger partial charge >= 0.3 is 0 Å². The lowest BCUT2D eigenvalue weighted by Crippen LogP contribution is -2.33. The van der Waals surface area contributed by atoms with Crippen molar-refractivity contribution in [3.8, 4) is 0 Å². The number of nitrogens with zero attached hydrogens (tertiary/aromatic N) is 2. The SMILES string of the molecule is Cc1ccc([C@@H]2N=C(c3ccccc3P(C3CCCCC3)C3CCCCC3)N(C)[C@H]2c2ccc(C)cc2)cc1. The summed E-state index contributed by atoms with van der Waals surface area (Å²) in [6.45, 7) is 4.35. The van der Waals surface area contributed by atoms with Gasteiger partial charge in [0.25, 0.3) is 0 Å². The molecule has 2 atom stereocenters. The maximum Gasteiger partial charge on any atom is 0.132 e. The van der Waals surface area contributed by atoms with E-state index in [4.69, 9.17) is 4.99 Å². The summed E-state index contributed by atoms with van der Waals surface area (Å²) in [5.74, 6) is 1.20. The number of aryl methyl sites for hydroxylation is 2. The summed E-state index contributed by atoms with van der Waals surface area (Å²) in [5.41, 5.74) is 8.45. The third kappa shape index (κ3) is 5.60. The Kier molecular flexibility index (Phi) is 8.22. The topological polar surface area (TPSA) is 15.6 Å². The number of hydrogen-bond donors (Lipinski definition) is 0. The van der Waals surface area contributed by atoms with Gasteiger partial charge in [-0.05, 0) is 67.3 Å². The fraction of sp³-hybridized carbons (Fsp3) is 0.472. The van der Waals surface area contributed by atoms with E-state index in [2.05, 4.69) is 98.6 Å². The molecular weight excluding hydrogens is 491 g/mol. The van der Waals surface area contributed by atoms with E-state index in [1.165, 1.54) is 97.9 Å². The quantitative estimate of drug-likeness (QED) is 0.287. The summed E-state index contributed by atoms with van der Waals surface area (Å²) in [6.07, 6.45) is 14.3. The molecule has 1 aliphatic heterocycles. The van der Waals surface area contributed by atoms with E-state index in [0.29, 0.717) is 0 Å². The minimum atomic E-state index is -0.201. The van der Waals surface area contributed by atoms with E-state index < -0.39 is 0 Å². The van der Waals surface area contributed by atoms with Crippen molar-refractivity contribution in [1.82, 2.24) is 4.90 Å². The molecule has 0 saturated heterocycles. The minimum absolute atomic E-state index is 0.0944. The fourth-order valence-electron chi connectivity index (χ4n) is 7.38. The van der Waals surface area contributed by atoms with Crippen molar-refractivity contribution < 1.29 is 0 Å². The highest BCUT2D eigenvalue weighted by Crippen LogP contribution is 2.56. The van der Waals surface area contributed by atoms with Crippen LogP contribution in [-0.4, -0.2) is 29.1 Å². The van der Waals surface area contributed by atoms with Crippen LogP contribution in [0.5, 0.6) is 0 Å². The fourth-order valence-corrected chi connectivity index (χ4v) is 11.3. The largest absolute Gasteiger partial charge is 0.350 e. The highest BCUT2D eigenvalue weighted by Gasteiger charge is 2.39. The molecule has 2 aliphatic carbocycles. The maximum absolute atomic E-state index is 5.61. The first-order valence-electron chi connectivity index (χ1n) is 15.4. The van der Waals surface area contributed by atoms with E-state index in [0.717, 1.165) is 11.3 Å². The standard InChI is InChI=1S/C36H45N2P/c1-26-18-22-28(23-19-26)34-35(29-24-20-27(2)21-25-29)38(3)36(37-34)32-16-10-11-17-33(32)39(30-12-6-4-7-13-30)31-14-8-5-9-15-31/h10-11,16-25,30-31,34-35H,4-9,12-15H2,1-3H3/t34-,35-/m0/s1. The van der Waals surface area contributed by atoms with Gasteiger partial charge in [-0.2, -0.15) is 0 Å². The molecule has 0 radical (unpaired) electrons. The summed E-state index contributed by atoms with van der Waals surface area (Å²) in [7, 11) is 2.09. The Labute approximate surface area is 237 Å². The van der Waals surface area contributed by atoms with Crippen LogP contribution in [0, 0.1) is 13.8 Å². The molecule has 0 amide bonds. The smallest absolute Gasteiger partial charge is 0.132 e. The van der Waals surface area contributed by atoms with Gasteiger partial charge in [-0.1, -0.05) is 130 Å². The van der Waals surface area contributed by atoms with Crippen molar-refractivity contribution in [2.75, 3.05) is 7.05 Å². The van der Waals surface area contributed by atoms with Gasteiger partial charge in [-0.3, -0.25) is 4.99 Å². The third-order valence-electron chi connectivity index (χ3n) is 9.51. The average molecular weight is 537 g/mol. The van der Waals surface area contributed by atoms with Gasteiger partial charge in [0.15, 0.2) is 0 Å². The lowest BCUT2D eigenvalue weighted by atomic mass is 9.93. The zero-order chi connectivity index (χ0) is 26.8. The Morgan fingerprint density at radius 2 is 1.15 bits per heavy atom. The first-order valence-corrected chi connectivity index (χ1v) is 16.9. The van der Waals surface area contributed by atoms with Crippen LogP contribution in [0.25, 0.3) is 0 Å². The second-order valence-corrected chi connectivity index (χ2v) is 15.0. The molecule has 3 heteroatoms. The van der Waals surface area contributed by atoms with Crippen LogP contribution in [-0.2, 0) is 0 Å². The van der Waals surface area contributed by atoms with Gasteiger partial charge < -0.3 is 4.90 Å². The molecule has 0 aromatic heterocycles. The van der Waals surface area contributed by atoms with Crippen LogP contribution >= 0.6 is 7.92 Å². The van der Waals surface area contributed by atoms with Gasteiger partial charge in [0, 0.05) is 12.6 Å². The lowest BCUT2D eigenvalue weighted by Gasteiger charge is -2.40. The first kappa shape index (κ1) is 26.8. The van der Waals surface area contributed by atoms with Crippen LogP contribution in [0.15, 0.2) is 77.8 Å². The Morgan fingerprint density at radius 1 is 0.641 bits per heavy atom. The summed E-state index contributed by atoms with van der Waals surface area (Å²) >= 11 is 0. The number of hydrogen-bond acceptors (Lipinski definition) is 2. The Balaban J connectivity index is 1.44. The summed E-state index contributed by atoms with van der Waals surface area (Å²) in [6, 6.07) is 28.0. The van der Waals surface area contributed by atoms with Crippen LogP contribution in [0.4, 0.5) is 0 Å². The molecule has 3 aromatic rings. The Hall–Kier alpha value is -2.44. The van der Waals surface area contributed by atoms with E-state index in [-0.39, 0.29) is 20.0 Å². The van der Waals surface area contributed by atoms with Crippen molar-refractivity contribution in [3.63, 3.8) is 0 Å². The van der Waals surface area contributed by atoms with E-state index in [1.807, 2.05) is 0 Å². The highest BCUT2D eigenvalue weighted by atomic mass is 31.1. The molecule has 3 aromatic carbocycles. The number of amidine groups is 1. The Morgan fingerprint density at radius 3 is 1.72 bits per heavy atom. The van der Waals surface area contributed by atoms with Crippen molar-refractivity contribution in [1.29, 1.82) is 0 Å². The van der Waals surface area contributed by atoms with Crippen LogP contribution < -0.4 is 5.30 Å². The molecule has 39 heavy (non-hydrogen) atoms. The first-order chi connectivity index (χ1) is 19.1. The molecule has 0 unspecified atom stereocenters. The van der Waals surface area contributed by atoms with Gasteiger partial charge in [0.1, 0.15) is 11.9 Å². The van der Waals surface area contributed by atoms with Crippen molar-refractivity contribution >= 4 is 19.1 Å². The molecular formula is C36H45N2P. The molecule has 3 aliphatic rings. The van der Waals surface area contributed by atoms with E-state index in [9.17, 15) is 0 Å². The summed E-state index contributed by atoms with van der Waals surface area (Å²) in [4.78, 5) is 8.11. The van der Waals surface area contributed by atoms with Crippen LogP contribution in [0.1, 0.15) is 104 Å². The second-order valence-electron chi connectivity index (χ2n) is 12.3. The normalized spacial score (nSPS) is 22.9. The van der Waals surface area contributed by atoms with Gasteiger partial charge in [0.05, 0.1) is 6.04 Å². The van der Waals surface area contributed by atoms with E-state index in [1.54, 1.807) is 5.30 Å². The maximum atomic E-state index is 5.61. The molecule has 204 valence electrons.